The number of nitrogens with one attached hydrogen (secondary N) is 2. The van der Waals surface area contributed by atoms with E-state index in [1.54, 1.807) is 27.7 Å². The van der Waals surface area contributed by atoms with Crippen LogP contribution in [0.25, 0.3) is 0 Å². The fourth-order valence-corrected chi connectivity index (χ4v) is 0.735. The summed E-state index contributed by atoms with van der Waals surface area (Å²) in [6, 6.07) is -0.167. The Bertz CT molecular complexity index is 205. The van der Waals surface area contributed by atoms with Crippen LogP contribution < -0.4 is 10.6 Å². The molecule has 0 radical (unpaired) electrons. The Labute approximate surface area is 86.1 Å². The van der Waals surface area contributed by atoms with Gasteiger partial charge in [-0.1, -0.05) is 0 Å². The number of urea groups is 1. The topological polar surface area (TPSA) is 61.4 Å². The zero-order chi connectivity index (χ0) is 11.6. The second kappa shape index (κ2) is 4.17. The number of hydrogen-bond acceptors (Lipinski definition) is 2. The van der Waals surface area contributed by atoms with Gasteiger partial charge in [-0.2, -0.15) is 0 Å². The summed E-state index contributed by atoms with van der Waals surface area (Å²) in [7, 11) is 0. The molecule has 14 heavy (non-hydrogen) atoms. The predicted molar refractivity (Wildman–Crippen MR) is 57.2 cm³/mol. The van der Waals surface area contributed by atoms with Gasteiger partial charge in [0.2, 0.25) is 0 Å². The lowest BCUT2D eigenvalue weighted by atomic mass is 9.86. The second-order valence-corrected chi connectivity index (χ2v) is 4.94. The van der Waals surface area contributed by atoms with Crippen LogP contribution in [0.15, 0.2) is 0 Å². The summed E-state index contributed by atoms with van der Waals surface area (Å²) in [5.41, 5.74) is -1.62. The molecule has 0 bridgehead atoms. The van der Waals surface area contributed by atoms with Crippen molar-refractivity contribution in [3.05, 3.63) is 0 Å². The fourth-order valence-electron chi connectivity index (χ4n) is 0.735. The monoisotopic (exact) mass is 202 g/mol. The highest BCUT2D eigenvalue weighted by atomic mass is 16.3. The molecule has 0 spiro atoms. The molecule has 4 heteroatoms. The number of hydrogen-bond donors (Lipinski definition) is 3. The van der Waals surface area contributed by atoms with Gasteiger partial charge in [-0.05, 0) is 41.5 Å². The van der Waals surface area contributed by atoms with Gasteiger partial charge in [0, 0.05) is 6.04 Å². The molecule has 2 amide bonds. The van der Waals surface area contributed by atoms with Crippen LogP contribution in [0, 0.1) is 0 Å². The molecule has 84 valence electrons. The van der Waals surface area contributed by atoms with E-state index in [0.29, 0.717) is 0 Å². The van der Waals surface area contributed by atoms with E-state index in [0.717, 1.165) is 0 Å². The van der Waals surface area contributed by atoms with E-state index in [4.69, 9.17) is 0 Å². The highest BCUT2D eigenvalue weighted by Crippen LogP contribution is 2.20. The first-order chi connectivity index (χ1) is 6.06. The van der Waals surface area contributed by atoms with Crippen LogP contribution >= 0.6 is 0 Å². The van der Waals surface area contributed by atoms with Gasteiger partial charge in [0.1, 0.15) is 0 Å². The maximum Gasteiger partial charge on any atom is 0.315 e. The maximum atomic E-state index is 11.4. The summed E-state index contributed by atoms with van der Waals surface area (Å²) < 4.78 is 0. The Hall–Kier alpha value is -0.770. The van der Waals surface area contributed by atoms with Crippen LogP contribution in [0.5, 0.6) is 0 Å². The van der Waals surface area contributed by atoms with Crippen molar-refractivity contribution in [2.45, 2.75) is 58.7 Å². The number of amides is 2. The summed E-state index contributed by atoms with van der Waals surface area (Å²) in [4.78, 5) is 11.4. The quantitative estimate of drug-likeness (QED) is 0.645. The third-order valence-corrected chi connectivity index (χ3v) is 2.38. The van der Waals surface area contributed by atoms with Gasteiger partial charge in [-0.3, -0.25) is 0 Å². The van der Waals surface area contributed by atoms with Gasteiger partial charge in [0.15, 0.2) is 0 Å². The average molecular weight is 202 g/mol. The summed E-state index contributed by atoms with van der Waals surface area (Å²) in [6.07, 6.45) is 0. The van der Waals surface area contributed by atoms with Gasteiger partial charge < -0.3 is 15.7 Å². The molecule has 0 atom stereocenters. The third-order valence-electron chi connectivity index (χ3n) is 2.38. The molecular formula is C10H22N2O2. The van der Waals surface area contributed by atoms with Crippen molar-refractivity contribution in [2.75, 3.05) is 0 Å². The third kappa shape index (κ3) is 3.96. The van der Waals surface area contributed by atoms with Crippen molar-refractivity contribution >= 4 is 6.03 Å². The maximum absolute atomic E-state index is 11.4. The number of rotatable bonds is 3. The molecule has 0 aromatic heterocycles. The first kappa shape index (κ1) is 13.2. The lowest BCUT2D eigenvalue weighted by molar-refractivity contribution is 0.000919. The molecule has 0 saturated carbocycles. The second-order valence-electron chi connectivity index (χ2n) is 4.94. The standard InChI is InChI=1S/C10H22N2O2/c1-7(2)11-8(13)12-9(3,4)10(5,6)14/h7,14H,1-6H3,(H2,11,12,13). The molecule has 4 nitrogen and oxygen atoms in total. The minimum Gasteiger partial charge on any atom is -0.388 e. The zero-order valence-electron chi connectivity index (χ0n) is 9.93. The van der Waals surface area contributed by atoms with Gasteiger partial charge in [-0.15, -0.1) is 0 Å². The highest BCUT2D eigenvalue weighted by molar-refractivity contribution is 5.75. The summed E-state index contributed by atoms with van der Waals surface area (Å²) in [6.45, 7) is 10.7. The van der Waals surface area contributed by atoms with E-state index in [1.165, 1.54) is 0 Å². The van der Waals surface area contributed by atoms with Crippen molar-refractivity contribution in [1.29, 1.82) is 0 Å². The smallest absolute Gasteiger partial charge is 0.315 e. The largest absolute Gasteiger partial charge is 0.388 e. The summed E-state index contributed by atoms with van der Waals surface area (Å²) in [5.74, 6) is 0. The molecule has 0 unspecified atom stereocenters. The summed E-state index contributed by atoms with van der Waals surface area (Å²) >= 11 is 0. The van der Waals surface area contributed by atoms with Crippen molar-refractivity contribution in [1.82, 2.24) is 10.6 Å². The normalized spacial score (nSPS) is 12.9. The Balaban J connectivity index is 4.30. The average Bonchev–Trinajstić information content (AvgIpc) is 1.79. The number of carbonyl (C=O) groups is 1. The summed E-state index contributed by atoms with van der Waals surface area (Å²) in [5, 5.41) is 15.2. The van der Waals surface area contributed by atoms with Crippen molar-refractivity contribution in [2.24, 2.45) is 0 Å². The van der Waals surface area contributed by atoms with E-state index in [1.807, 2.05) is 13.8 Å². The van der Waals surface area contributed by atoms with E-state index in [2.05, 4.69) is 10.6 Å². The van der Waals surface area contributed by atoms with Crippen molar-refractivity contribution in [3.63, 3.8) is 0 Å². The molecule has 0 aliphatic rings. The molecule has 0 aliphatic heterocycles. The predicted octanol–water partition coefficient (Wildman–Crippen LogP) is 1.24. The van der Waals surface area contributed by atoms with Crippen LogP contribution in [0.3, 0.4) is 0 Å². The number of carbonyl (C=O) groups excluding carboxylic acids is 1. The molecule has 3 N–H and O–H groups in total. The molecule has 0 heterocycles. The molecule has 0 rings (SSSR count). The zero-order valence-corrected chi connectivity index (χ0v) is 9.93. The van der Waals surface area contributed by atoms with Gasteiger partial charge >= 0.3 is 6.03 Å². The van der Waals surface area contributed by atoms with Gasteiger partial charge in [0.05, 0.1) is 11.1 Å². The Kier molecular flexibility index (Phi) is 3.94. The van der Waals surface area contributed by atoms with Crippen LogP contribution in [0.4, 0.5) is 4.79 Å². The van der Waals surface area contributed by atoms with Gasteiger partial charge in [-0.25, -0.2) is 4.79 Å². The molecule has 0 aromatic carbocycles. The van der Waals surface area contributed by atoms with E-state index >= 15 is 0 Å². The Morgan fingerprint density at radius 1 is 1.21 bits per heavy atom. The Morgan fingerprint density at radius 3 is 1.93 bits per heavy atom. The van der Waals surface area contributed by atoms with E-state index < -0.39 is 11.1 Å². The minimum absolute atomic E-state index is 0.0904. The Morgan fingerprint density at radius 2 is 1.64 bits per heavy atom. The SMILES string of the molecule is CC(C)NC(=O)NC(C)(C)C(C)(C)O. The highest BCUT2D eigenvalue weighted by Gasteiger charge is 2.36. The van der Waals surface area contributed by atoms with Crippen LogP contribution in [-0.4, -0.2) is 28.3 Å². The molecule has 0 aliphatic carbocycles. The lowest BCUT2D eigenvalue weighted by Gasteiger charge is -2.38. The first-order valence-electron chi connectivity index (χ1n) is 4.87. The van der Waals surface area contributed by atoms with Gasteiger partial charge in [0.25, 0.3) is 0 Å². The fraction of sp³-hybridized carbons (Fsp3) is 0.900. The van der Waals surface area contributed by atoms with E-state index in [-0.39, 0.29) is 12.1 Å². The molecule has 0 saturated heterocycles. The molecular weight excluding hydrogens is 180 g/mol. The first-order valence-corrected chi connectivity index (χ1v) is 4.87. The van der Waals surface area contributed by atoms with Crippen molar-refractivity contribution < 1.29 is 9.90 Å². The number of aliphatic hydroxyl groups is 1. The minimum atomic E-state index is -0.957. The van der Waals surface area contributed by atoms with Crippen molar-refractivity contribution in [3.8, 4) is 0 Å². The van der Waals surface area contributed by atoms with Crippen LogP contribution in [0.2, 0.25) is 0 Å². The lowest BCUT2D eigenvalue weighted by Crippen LogP contribution is -2.60. The van der Waals surface area contributed by atoms with Crippen LogP contribution in [-0.2, 0) is 0 Å². The molecule has 0 aromatic rings. The van der Waals surface area contributed by atoms with Crippen LogP contribution in [0.1, 0.15) is 41.5 Å². The van der Waals surface area contributed by atoms with E-state index in [9.17, 15) is 9.90 Å². The molecule has 0 fully saturated rings.